The third-order valence-electron chi connectivity index (χ3n) is 7.00. The van der Waals surface area contributed by atoms with Crippen LogP contribution in [0.2, 0.25) is 0 Å². The second-order valence-electron chi connectivity index (χ2n) is 9.41. The number of fused-ring (bicyclic) bond motifs is 1. The molecule has 1 saturated heterocycles. The van der Waals surface area contributed by atoms with Gasteiger partial charge in [-0.25, -0.2) is 13.5 Å². The molecule has 0 radical (unpaired) electrons. The molecule has 1 aromatic heterocycles. The van der Waals surface area contributed by atoms with E-state index in [0.717, 1.165) is 31.5 Å². The summed E-state index contributed by atoms with van der Waals surface area (Å²) in [5.41, 5.74) is 2.53. The number of hydrogen-bond donors (Lipinski definition) is 3. The zero-order valence-electron chi connectivity index (χ0n) is 20.8. The highest BCUT2D eigenvalue weighted by Gasteiger charge is 2.35. The Morgan fingerprint density at radius 1 is 1.14 bits per heavy atom. The van der Waals surface area contributed by atoms with Crippen molar-refractivity contribution >= 4 is 11.7 Å². The predicted octanol–water partition coefficient (Wildman–Crippen LogP) is 4.41. The van der Waals surface area contributed by atoms with Crippen molar-refractivity contribution in [3.8, 4) is 22.8 Å². The highest BCUT2D eigenvalue weighted by molar-refractivity contribution is 5.95. The van der Waals surface area contributed by atoms with E-state index in [1.54, 1.807) is 50.6 Å². The average Bonchev–Trinajstić information content (AvgIpc) is 3.37. The third kappa shape index (κ3) is 5.24. The number of carbonyl (C=O) groups is 1. The Balaban J connectivity index is 1.40. The van der Waals surface area contributed by atoms with E-state index in [1.165, 1.54) is 4.68 Å². The van der Waals surface area contributed by atoms with Gasteiger partial charge >= 0.3 is 0 Å². The Bertz CT molecular complexity index is 1260. The smallest absolute Gasteiger partial charge is 0.260 e. The summed E-state index contributed by atoms with van der Waals surface area (Å²) >= 11 is 0. The molecule has 3 heterocycles. The Labute approximate surface area is 214 Å². The first-order valence-electron chi connectivity index (χ1n) is 12.4. The fraction of sp³-hybridized carbons (Fsp3) is 0.407. The predicted molar refractivity (Wildman–Crippen MR) is 137 cm³/mol. The SMILES string of the molecule is COc1ccc(C2CC(C(F)F)n3nc(-c4cccc(C(=O)N[C@H]5CCCNC5)c4)cc3N2)cc1OC. The lowest BCUT2D eigenvalue weighted by atomic mass is 9.97. The van der Waals surface area contributed by atoms with Crippen molar-refractivity contribution in [1.29, 1.82) is 0 Å². The standard InChI is InChI=1S/C27H31F2N5O3/c1-36-23-9-8-17(12-24(23)37-2)20-13-22(26(28)29)34-25(32-20)14-21(33-34)16-5-3-6-18(11-16)27(35)31-19-7-4-10-30-15-19/h3,5-6,8-9,11-12,14,19-20,22,26,30,32H,4,7,10,13,15H2,1-2H3,(H,31,35)/t19-,20?,22?/m0/s1. The normalized spacial score (nSPS) is 21.2. The minimum atomic E-state index is -2.60. The lowest BCUT2D eigenvalue weighted by Gasteiger charge is -2.32. The Morgan fingerprint density at radius 3 is 2.70 bits per heavy atom. The fourth-order valence-electron chi connectivity index (χ4n) is 5.04. The summed E-state index contributed by atoms with van der Waals surface area (Å²) in [7, 11) is 3.09. The lowest BCUT2D eigenvalue weighted by Crippen LogP contribution is -2.45. The van der Waals surface area contributed by atoms with Gasteiger partial charge in [0.1, 0.15) is 11.9 Å². The topological polar surface area (TPSA) is 89.4 Å². The van der Waals surface area contributed by atoms with Gasteiger partial charge in [0.05, 0.1) is 26.0 Å². The Kier molecular flexibility index (Phi) is 7.27. The van der Waals surface area contributed by atoms with Crippen LogP contribution in [-0.4, -0.2) is 55.5 Å². The molecule has 2 aliphatic heterocycles. The van der Waals surface area contributed by atoms with E-state index < -0.39 is 12.5 Å². The van der Waals surface area contributed by atoms with Crippen LogP contribution in [0.5, 0.6) is 11.5 Å². The number of piperidine rings is 1. The van der Waals surface area contributed by atoms with E-state index in [2.05, 4.69) is 21.0 Å². The van der Waals surface area contributed by atoms with Crippen molar-refractivity contribution < 1.29 is 23.0 Å². The molecule has 2 aliphatic rings. The molecule has 2 unspecified atom stereocenters. The molecule has 8 nitrogen and oxygen atoms in total. The van der Waals surface area contributed by atoms with Gasteiger partial charge in [0, 0.05) is 29.8 Å². The third-order valence-corrected chi connectivity index (χ3v) is 7.00. The molecule has 37 heavy (non-hydrogen) atoms. The van der Waals surface area contributed by atoms with Gasteiger partial charge in [-0.2, -0.15) is 5.10 Å². The molecule has 0 saturated carbocycles. The molecular formula is C27H31F2N5O3. The van der Waals surface area contributed by atoms with Crippen LogP contribution in [0.25, 0.3) is 11.3 Å². The van der Waals surface area contributed by atoms with Crippen LogP contribution in [0.4, 0.5) is 14.6 Å². The largest absolute Gasteiger partial charge is 0.493 e. The zero-order chi connectivity index (χ0) is 25.9. The monoisotopic (exact) mass is 511 g/mol. The number of rotatable bonds is 7. The van der Waals surface area contributed by atoms with Crippen molar-refractivity contribution in [3.63, 3.8) is 0 Å². The molecule has 0 spiro atoms. The summed E-state index contributed by atoms with van der Waals surface area (Å²) in [5.74, 6) is 1.45. The number of hydrogen-bond acceptors (Lipinski definition) is 6. The second kappa shape index (κ2) is 10.8. The van der Waals surface area contributed by atoms with E-state index in [4.69, 9.17) is 9.47 Å². The number of nitrogens with one attached hydrogen (secondary N) is 3. The van der Waals surface area contributed by atoms with Crippen molar-refractivity contribution in [1.82, 2.24) is 20.4 Å². The molecule has 0 aliphatic carbocycles. The van der Waals surface area contributed by atoms with E-state index in [1.807, 2.05) is 12.1 Å². The van der Waals surface area contributed by atoms with Crippen LogP contribution in [0.1, 0.15) is 47.3 Å². The Hall–Kier alpha value is -3.66. The molecule has 1 fully saturated rings. The van der Waals surface area contributed by atoms with Crippen LogP contribution in [-0.2, 0) is 0 Å². The van der Waals surface area contributed by atoms with Crippen molar-refractivity contribution in [2.45, 2.75) is 43.8 Å². The van der Waals surface area contributed by atoms with Crippen LogP contribution in [0.3, 0.4) is 0 Å². The van der Waals surface area contributed by atoms with Crippen LogP contribution >= 0.6 is 0 Å². The number of alkyl halides is 2. The number of halogens is 2. The zero-order valence-corrected chi connectivity index (χ0v) is 20.8. The number of nitrogens with zero attached hydrogens (tertiary/aromatic N) is 2. The highest BCUT2D eigenvalue weighted by atomic mass is 19.3. The van der Waals surface area contributed by atoms with Gasteiger partial charge in [0.15, 0.2) is 11.5 Å². The summed E-state index contributed by atoms with van der Waals surface area (Å²) in [5, 5.41) is 14.2. The quantitative estimate of drug-likeness (QED) is 0.436. The maximum atomic E-state index is 14.2. The first-order valence-corrected chi connectivity index (χ1v) is 12.4. The number of benzene rings is 2. The molecule has 3 N–H and O–H groups in total. The average molecular weight is 512 g/mol. The molecule has 5 rings (SSSR count). The summed E-state index contributed by atoms with van der Waals surface area (Å²) in [6.07, 6.45) is -0.487. The number of amides is 1. The molecule has 196 valence electrons. The lowest BCUT2D eigenvalue weighted by molar-refractivity contribution is 0.0659. The molecule has 10 heteroatoms. The van der Waals surface area contributed by atoms with Gasteiger partial charge < -0.3 is 25.4 Å². The number of methoxy groups -OCH3 is 2. The van der Waals surface area contributed by atoms with Crippen molar-refractivity contribution in [2.24, 2.45) is 0 Å². The summed E-state index contributed by atoms with van der Waals surface area (Å²) < 4.78 is 40.4. The van der Waals surface area contributed by atoms with E-state index in [9.17, 15) is 13.6 Å². The highest BCUT2D eigenvalue weighted by Crippen LogP contribution is 2.41. The van der Waals surface area contributed by atoms with E-state index in [-0.39, 0.29) is 24.4 Å². The van der Waals surface area contributed by atoms with E-state index in [0.29, 0.717) is 34.1 Å². The van der Waals surface area contributed by atoms with Crippen molar-refractivity contribution in [2.75, 3.05) is 32.6 Å². The molecule has 1 amide bonds. The van der Waals surface area contributed by atoms with Crippen LogP contribution in [0, 0.1) is 0 Å². The maximum absolute atomic E-state index is 14.2. The fourth-order valence-corrected chi connectivity index (χ4v) is 5.04. The maximum Gasteiger partial charge on any atom is 0.260 e. The first-order chi connectivity index (χ1) is 18.0. The van der Waals surface area contributed by atoms with Crippen LogP contribution in [0.15, 0.2) is 48.5 Å². The molecule has 3 aromatic rings. The molecule has 3 atom stereocenters. The molecule has 2 aromatic carbocycles. The van der Waals surface area contributed by atoms with Crippen molar-refractivity contribution in [3.05, 3.63) is 59.7 Å². The van der Waals surface area contributed by atoms with E-state index >= 15 is 0 Å². The van der Waals surface area contributed by atoms with Gasteiger partial charge in [0.2, 0.25) is 0 Å². The molecular weight excluding hydrogens is 480 g/mol. The van der Waals surface area contributed by atoms with Gasteiger partial charge in [-0.1, -0.05) is 18.2 Å². The summed E-state index contributed by atoms with van der Waals surface area (Å²) in [6, 6.07) is 12.9. The summed E-state index contributed by atoms with van der Waals surface area (Å²) in [4.78, 5) is 12.8. The number of ether oxygens (including phenoxy) is 2. The minimum absolute atomic E-state index is 0.0920. The van der Waals surface area contributed by atoms with Gasteiger partial charge in [-0.05, 0) is 55.6 Å². The summed E-state index contributed by atoms with van der Waals surface area (Å²) in [6.45, 7) is 1.72. The minimum Gasteiger partial charge on any atom is -0.493 e. The Morgan fingerprint density at radius 2 is 1.97 bits per heavy atom. The van der Waals surface area contributed by atoms with Gasteiger partial charge in [-0.15, -0.1) is 0 Å². The van der Waals surface area contributed by atoms with Gasteiger partial charge in [0.25, 0.3) is 12.3 Å². The first kappa shape index (κ1) is 25.0. The number of anilines is 1. The number of carbonyl (C=O) groups excluding carboxylic acids is 1. The second-order valence-corrected chi connectivity index (χ2v) is 9.41. The molecule has 0 bridgehead atoms. The van der Waals surface area contributed by atoms with Crippen LogP contribution < -0.4 is 25.4 Å². The van der Waals surface area contributed by atoms with Gasteiger partial charge in [-0.3, -0.25) is 4.79 Å². The number of aromatic nitrogens is 2.